The van der Waals surface area contributed by atoms with E-state index < -0.39 is 20.5 Å². The molecular formula is C12H24N2O3S. The normalized spacial score (nSPS) is 25.1. The molecule has 106 valence electrons. The molecule has 0 heterocycles. The highest BCUT2D eigenvalue weighted by Gasteiger charge is 2.39. The summed E-state index contributed by atoms with van der Waals surface area (Å²) in [5.74, 6) is 0.411. The molecule has 0 aromatic rings. The maximum atomic E-state index is 11.9. The summed E-state index contributed by atoms with van der Waals surface area (Å²) in [6.45, 7) is 4.04. The Kier molecular flexibility index (Phi) is 4.78. The number of nitrogens with two attached hydrogens (primary N) is 1. The van der Waals surface area contributed by atoms with Crippen molar-refractivity contribution in [1.82, 2.24) is 5.32 Å². The molecule has 3 N–H and O–H groups in total. The highest BCUT2D eigenvalue weighted by molar-refractivity contribution is 7.92. The van der Waals surface area contributed by atoms with Gasteiger partial charge in [-0.1, -0.05) is 6.42 Å². The smallest absolute Gasteiger partial charge is 0.240 e. The average molecular weight is 276 g/mol. The van der Waals surface area contributed by atoms with Crippen LogP contribution in [0.2, 0.25) is 0 Å². The monoisotopic (exact) mass is 276 g/mol. The van der Waals surface area contributed by atoms with Crippen LogP contribution in [0.15, 0.2) is 0 Å². The van der Waals surface area contributed by atoms with Crippen LogP contribution in [0.3, 0.4) is 0 Å². The Labute approximate surface area is 109 Å². The molecule has 2 atom stereocenters. The third-order valence-electron chi connectivity index (χ3n) is 4.12. The van der Waals surface area contributed by atoms with E-state index in [2.05, 4.69) is 5.32 Å². The van der Waals surface area contributed by atoms with E-state index in [0.717, 1.165) is 25.5 Å². The zero-order valence-electron chi connectivity index (χ0n) is 11.4. The average Bonchev–Trinajstić information content (AvgIpc) is 2.71. The molecule has 0 radical (unpaired) electrons. The van der Waals surface area contributed by atoms with Gasteiger partial charge in [-0.3, -0.25) is 4.79 Å². The summed E-state index contributed by atoms with van der Waals surface area (Å²) in [6.07, 6.45) is 4.39. The first kappa shape index (κ1) is 15.4. The Balaban J connectivity index is 2.56. The van der Waals surface area contributed by atoms with Crippen LogP contribution in [0, 0.1) is 11.8 Å². The molecular weight excluding hydrogens is 252 g/mol. The third kappa shape index (κ3) is 3.23. The number of amides is 1. The first-order chi connectivity index (χ1) is 8.20. The standard InChI is InChI=1S/C12H24N2O3S/c1-12(2,18(3,16)17)11(15)14-8-10-6-4-5-9(10)7-13/h9-10H,4-8,13H2,1-3H3,(H,14,15). The number of carbonyl (C=O) groups excluding carboxylic acids is 1. The van der Waals surface area contributed by atoms with Gasteiger partial charge in [0.2, 0.25) is 5.91 Å². The van der Waals surface area contributed by atoms with Crippen LogP contribution >= 0.6 is 0 Å². The van der Waals surface area contributed by atoms with E-state index in [1.54, 1.807) is 0 Å². The Hall–Kier alpha value is -0.620. The molecule has 1 aliphatic carbocycles. The quantitative estimate of drug-likeness (QED) is 0.756. The first-order valence-electron chi connectivity index (χ1n) is 6.38. The van der Waals surface area contributed by atoms with Gasteiger partial charge in [0.05, 0.1) is 0 Å². The van der Waals surface area contributed by atoms with Gasteiger partial charge >= 0.3 is 0 Å². The molecule has 0 spiro atoms. The number of hydrogen-bond acceptors (Lipinski definition) is 4. The third-order valence-corrected chi connectivity index (χ3v) is 6.16. The number of hydrogen-bond donors (Lipinski definition) is 2. The summed E-state index contributed by atoms with van der Waals surface area (Å²) in [6, 6.07) is 0. The molecule has 1 fully saturated rings. The molecule has 0 aromatic carbocycles. The molecule has 1 aliphatic rings. The Morgan fingerprint density at radius 2 is 1.89 bits per heavy atom. The molecule has 0 saturated heterocycles. The van der Waals surface area contributed by atoms with Crippen LogP contribution in [0.5, 0.6) is 0 Å². The highest BCUT2D eigenvalue weighted by Crippen LogP contribution is 2.30. The van der Waals surface area contributed by atoms with Crippen LogP contribution < -0.4 is 11.1 Å². The molecule has 6 heteroatoms. The van der Waals surface area contributed by atoms with Crippen LogP contribution in [0.25, 0.3) is 0 Å². The van der Waals surface area contributed by atoms with Crippen molar-refractivity contribution in [3.05, 3.63) is 0 Å². The predicted octanol–water partition coefficient (Wildman–Crippen LogP) is 0.301. The van der Waals surface area contributed by atoms with Crippen molar-refractivity contribution in [2.24, 2.45) is 17.6 Å². The molecule has 1 saturated carbocycles. The van der Waals surface area contributed by atoms with Gasteiger partial charge in [-0.15, -0.1) is 0 Å². The summed E-state index contributed by atoms with van der Waals surface area (Å²) in [5.41, 5.74) is 5.68. The first-order valence-corrected chi connectivity index (χ1v) is 8.27. The lowest BCUT2D eigenvalue weighted by molar-refractivity contribution is -0.123. The van der Waals surface area contributed by atoms with E-state index in [1.807, 2.05) is 0 Å². The molecule has 0 aliphatic heterocycles. The summed E-state index contributed by atoms with van der Waals surface area (Å²) in [5, 5.41) is 2.76. The minimum absolute atomic E-state index is 0.384. The molecule has 1 amide bonds. The summed E-state index contributed by atoms with van der Waals surface area (Å²) >= 11 is 0. The lowest BCUT2D eigenvalue weighted by Gasteiger charge is -2.24. The number of rotatable bonds is 5. The van der Waals surface area contributed by atoms with Gasteiger partial charge in [-0.25, -0.2) is 8.42 Å². The largest absolute Gasteiger partial charge is 0.354 e. The fourth-order valence-corrected chi connectivity index (χ4v) is 2.71. The van der Waals surface area contributed by atoms with Gasteiger partial charge < -0.3 is 11.1 Å². The van der Waals surface area contributed by atoms with E-state index in [9.17, 15) is 13.2 Å². The fourth-order valence-electron chi connectivity index (χ4n) is 2.30. The second-order valence-electron chi connectivity index (χ2n) is 5.68. The molecule has 5 nitrogen and oxygen atoms in total. The van der Waals surface area contributed by atoms with Crippen molar-refractivity contribution in [3.63, 3.8) is 0 Å². The van der Waals surface area contributed by atoms with E-state index in [-0.39, 0.29) is 0 Å². The lowest BCUT2D eigenvalue weighted by Crippen LogP contribution is -2.49. The van der Waals surface area contributed by atoms with Gasteiger partial charge in [-0.05, 0) is 45.1 Å². The van der Waals surface area contributed by atoms with E-state index in [4.69, 9.17) is 5.73 Å². The van der Waals surface area contributed by atoms with E-state index in [1.165, 1.54) is 13.8 Å². The molecule has 1 rings (SSSR count). The lowest BCUT2D eigenvalue weighted by atomic mass is 9.96. The maximum Gasteiger partial charge on any atom is 0.240 e. The molecule has 2 unspecified atom stereocenters. The SMILES string of the molecule is CC(C)(C(=O)NCC1CCCC1CN)S(C)(=O)=O. The minimum atomic E-state index is -3.40. The molecule has 0 bridgehead atoms. The van der Waals surface area contributed by atoms with E-state index >= 15 is 0 Å². The topological polar surface area (TPSA) is 89.3 Å². The van der Waals surface area contributed by atoms with Gasteiger partial charge in [-0.2, -0.15) is 0 Å². The Morgan fingerprint density at radius 3 is 2.39 bits per heavy atom. The summed E-state index contributed by atoms with van der Waals surface area (Å²) < 4.78 is 21.7. The van der Waals surface area contributed by atoms with Crippen molar-refractivity contribution < 1.29 is 13.2 Å². The van der Waals surface area contributed by atoms with Crippen molar-refractivity contribution in [2.75, 3.05) is 19.3 Å². The Bertz CT molecular complexity index is 404. The van der Waals surface area contributed by atoms with Crippen LogP contribution in [-0.2, 0) is 14.6 Å². The summed E-state index contributed by atoms with van der Waals surface area (Å²) in [7, 11) is -3.40. The maximum absolute atomic E-state index is 11.9. The van der Waals surface area contributed by atoms with Gasteiger partial charge in [0, 0.05) is 12.8 Å². The second kappa shape index (κ2) is 5.57. The zero-order chi connectivity index (χ0) is 14.0. The van der Waals surface area contributed by atoms with Crippen LogP contribution in [0.1, 0.15) is 33.1 Å². The van der Waals surface area contributed by atoms with Gasteiger partial charge in [0.25, 0.3) is 0 Å². The van der Waals surface area contributed by atoms with Crippen LogP contribution in [0.4, 0.5) is 0 Å². The van der Waals surface area contributed by atoms with Gasteiger partial charge in [0.1, 0.15) is 4.75 Å². The van der Waals surface area contributed by atoms with Gasteiger partial charge in [0.15, 0.2) is 9.84 Å². The number of carbonyl (C=O) groups is 1. The Morgan fingerprint density at radius 1 is 1.33 bits per heavy atom. The molecule has 18 heavy (non-hydrogen) atoms. The van der Waals surface area contributed by atoms with Crippen molar-refractivity contribution >= 4 is 15.7 Å². The minimum Gasteiger partial charge on any atom is -0.354 e. The van der Waals surface area contributed by atoms with Crippen molar-refractivity contribution in [2.45, 2.75) is 37.9 Å². The van der Waals surface area contributed by atoms with Crippen LogP contribution in [-0.4, -0.2) is 38.4 Å². The molecule has 0 aromatic heterocycles. The fraction of sp³-hybridized carbons (Fsp3) is 0.917. The summed E-state index contributed by atoms with van der Waals surface area (Å²) in [4.78, 5) is 11.9. The number of sulfone groups is 1. The van der Waals surface area contributed by atoms with Crippen molar-refractivity contribution in [3.8, 4) is 0 Å². The second-order valence-corrected chi connectivity index (χ2v) is 8.24. The van der Waals surface area contributed by atoms with E-state index in [0.29, 0.717) is 24.9 Å². The zero-order valence-corrected chi connectivity index (χ0v) is 12.2. The number of nitrogens with one attached hydrogen (secondary N) is 1. The highest BCUT2D eigenvalue weighted by atomic mass is 32.2. The predicted molar refractivity (Wildman–Crippen MR) is 71.8 cm³/mol. The van der Waals surface area contributed by atoms with Crippen molar-refractivity contribution in [1.29, 1.82) is 0 Å².